The number of nitrogens with zero attached hydrogens (tertiary/aromatic N) is 1. The van der Waals surface area contributed by atoms with Crippen LogP contribution in [-0.4, -0.2) is 60.8 Å². The van der Waals surface area contributed by atoms with Crippen LogP contribution in [0.5, 0.6) is 0 Å². The quantitative estimate of drug-likeness (QED) is 0.696. The molecule has 0 aromatic heterocycles. The highest BCUT2D eigenvalue weighted by atomic mass is 32.2. The van der Waals surface area contributed by atoms with Gasteiger partial charge in [-0.25, -0.2) is 8.42 Å². The predicted molar refractivity (Wildman–Crippen MR) is 95.6 cm³/mol. The zero-order valence-corrected chi connectivity index (χ0v) is 15.3. The second-order valence-electron chi connectivity index (χ2n) is 7.36. The monoisotopic (exact) mass is 368 g/mol. The summed E-state index contributed by atoms with van der Waals surface area (Å²) in [5.41, 5.74) is -1.45. The second kappa shape index (κ2) is 7.72. The number of β-amino-alcohol motifs (C(OH)–C–C–N with tert-alkyl or cyclic N) is 2. The van der Waals surface area contributed by atoms with Crippen LogP contribution in [0.1, 0.15) is 32.1 Å². The lowest BCUT2D eigenvalue weighted by atomic mass is 9.89. The van der Waals surface area contributed by atoms with E-state index in [-0.39, 0.29) is 24.5 Å². The Morgan fingerprint density at radius 1 is 1.16 bits per heavy atom. The van der Waals surface area contributed by atoms with Crippen molar-refractivity contribution >= 4 is 10.0 Å². The van der Waals surface area contributed by atoms with Gasteiger partial charge in [0.2, 0.25) is 10.0 Å². The van der Waals surface area contributed by atoms with Crippen LogP contribution in [0.3, 0.4) is 0 Å². The molecule has 2 atom stereocenters. The van der Waals surface area contributed by atoms with Gasteiger partial charge in [-0.05, 0) is 37.4 Å². The minimum Gasteiger partial charge on any atom is -0.389 e. The van der Waals surface area contributed by atoms with E-state index in [1.165, 1.54) is 48.5 Å². The van der Waals surface area contributed by atoms with Gasteiger partial charge in [-0.1, -0.05) is 37.5 Å². The molecule has 0 radical (unpaired) electrons. The van der Waals surface area contributed by atoms with Crippen LogP contribution in [0, 0.1) is 5.92 Å². The molecule has 25 heavy (non-hydrogen) atoms. The van der Waals surface area contributed by atoms with Crippen LogP contribution in [0.4, 0.5) is 0 Å². The van der Waals surface area contributed by atoms with Gasteiger partial charge in [0.1, 0.15) is 5.60 Å². The van der Waals surface area contributed by atoms with Gasteiger partial charge in [-0.2, -0.15) is 4.31 Å². The van der Waals surface area contributed by atoms with Crippen molar-refractivity contribution in [1.29, 1.82) is 0 Å². The molecule has 1 heterocycles. The SMILES string of the molecule is O=S(=O)(c1ccccc1)N1C[C@@H](O)[C@](O)(CNCC2CCCCC2)C1. The molecule has 1 aliphatic heterocycles. The van der Waals surface area contributed by atoms with Gasteiger partial charge in [0, 0.05) is 19.6 Å². The molecule has 6 nitrogen and oxygen atoms in total. The van der Waals surface area contributed by atoms with E-state index in [2.05, 4.69) is 5.32 Å². The average molecular weight is 368 g/mol. The van der Waals surface area contributed by atoms with Crippen molar-refractivity contribution in [2.24, 2.45) is 5.92 Å². The van der Waals surface area contributed by atoms with E-state index in [0.717, 1.165) is 6.54 Å². The van der Waals surface area contributed by atoms with E-state index in [1.54, 1.807) is 18.2 Å². The molecular formula is C18H28N2O4S. The van der Waals surface area contributed by atoms with Crippen molar-refractivity contribution < 1.29 is 18.6 Å². The highest BCUT2D eigenvalue weighted by molar-refractivity contribution is 7.89. The lowest BCUT2D eigenvalue weighted by Gasteiger charge is -2.28. The Hall–Kier alpha value is -0.990. The van der Waals surface area contributed by atoms with Crippen LogP contribution < -0.4 is 5.32 Å². The Labute approximate surface area is 149 Å². The Morgan fingerprint density at radius 3 is 2.52 bits per heavy atom. The number of sulfonamides is 1. The maximum absolute atomic E-state index is 12.7. The van der Waals surface area contributed by atoms with Crippen LogP contribution in [0.25, 0.3) is 0 Å². The van der Waals surface area contributed by atoms with Gasteiger partial charge in [0.25, 0.3) is 0 Å². The highest BCUT2D eigenvalue weighted by Crippen LogP contribution is 2.28. The molecule has 1 aromatic rings. The molecule has 0 unspecified atom stereocenters. The molecule has 0 amide bonds. The van der Waals surface area contributed by atoms with Crippen LogP contribution in [-0.2, 0) is 10.0 Å². The van der Waals surface area contributed by atoms with Gasteiger partial charge in [0.05, 0.1) is 11.0 Å². The molecule has 2 fully saturated rings. The summed E-state index contributed by atoms with van der Waals surface area (Å²) in [6, 6.07) is 8.14. The van der Waals surface area contributed by atoms with Crippen molar-refractivity contribution in [3.05, 3.63) is 30.3 Å². The van der Waals surface area contributed by atoms with E-state index in [4.69, 9.17) is 0 Å². The summed E-state index contributed by atoms with van der Waals surface area (Å²) < 4.78 is 26.5. The molecular weight excluding hydrogens is 340 g/mol. The van der Waals surface area contributed by atoms with Crippen molar-refractivity contribution in [1.82, 2.24) is 9.62 Å². The average Bonchev–Trinajstić information content (AvgIpc) is 2.92. The Kier molecular flexibility index (Phi) is 5.80. The molecule has 7 heteroatoms. The molecule has 1 aromatic carbocycles. The van der Waals surface area contributed by atoms with E-state index in [0.29, 0.717) is 5.92 Å². The van der Waals surface area contributed by atoms with Crippen LogP contribution in [0.2, 0.25) is 0 Å². The molecule has 1 aliphatic carbocycles. The van der Waals surface area contributed by atoms with Crippen molar-refractivity contribution in [3.8, 4) is 0 Å². The Morgan fingerprint density at radius 2 is 1.84 bits per heavy atom. The fourth-order valence-electron chi connectivity index (χ4n) is 3.82. The van der Waals surface area contributed by atoms with E-state index >= 15 is 0 Å². The minimum absolute atomic E-state index is 0.0845. The van der Waals surface area contributed by atoms with Gasteiger partial charge >= 0.3 is 0 Å². The number of benzene rings is 1. The summed E-state index contributed by atoms with van der Waals surface area (Å²) in [7, 11) is -3.70. The lowest BCUT2D eigenvalue weighted by molar-refractivity contribution is -0.0387. The number of aliphatic hydroxyl groups is 2. The summed E-state index contributed by atoms with van der Waals surface area (Å²) in [5, 5.41) is 24.3. The predicted octanol–water partition coefficient (Wildman–Crippen LogP) is 0.953. The first-order chi connectivity index (χ1) is 11.9. The van der Waals surface area contributed by atoms with E-state index < -0.39 is 21.7 Å². The van der Waals surface area contributed by atoms with Gasteiger partial charge in [0.15, 0.2) is 0 Å². The largest absolute Gasteiger partial charge is 0.389 e. The van der Waals surface area contributed by atoms with Crippen molar-refractivity contribution in [2.45, 2.75) is 48.7 Å². The summed E-state index contributed by atoms with van der Waals surface area (Å²) in [4.78, 5) is 0.182. The number of aliphatic hydroxyl groups excluding tert-OH is 1. The lowest BCUT2D eigenvalue weighted by Crippen LogP contribution is -2.51. The third kappa shape index (κ3) is 4.23. The summed E-state index contributed by atoms with van der Waals surface area (Å²) in [6.45, 7) is 0.827. The van der Waals surface area contributed by atoms with Gasteiger partial charge in [-0.3, -0.25) is 0 Å². The molecule has 1 saturated heterocycles. The van der Waals surface area contributed by atoms with Gasteiger partial charge < -0.3 is 15.5 Å². The molecule has 0 bridgehead atoms. The van der Waals surface area contributed by atoms with Crippen molar-refractivity contribution in [2.75, 3.05) is 26.2 Å². The smallest absolute Gasteiger partial charge is 0.243 e. The van der Waals surface area contributed by atoms with Crippen molar-refractivity contribution in [3.63, 3.8) is 0 Å². The summed E-state index contributed by atoms with van der Waals surface area (Å²) in [5.74, 6) is 0.611. The topological polar surface area (TPSA) is 89.9 Å². The first-order valence-corrected chi connectivity index (χ1v) is 10.5. The number of hydrogen-bond donors (Lipinski definition) is 3. The third-order valence-corrected chi connectivity index (χ3v) is 7.24. The first kappa shape index (κ1) is 18.8. The highest BCUT2D eigenvalue weighted by Gasteiger charge is 2.48. The second-order valence-corrected chi connectivity index (χ2v) is 9.30. The summed E-state index contributed by atoms with van der Waals surface area (Å²) in [6.07, 6.45) is 5.10. The van der Waals surface area contributed by atoms with Gasteiger partial charge in [-0.15, -0.1) is 0 Å². The maximum Gasteiger partial charge on any atom is 0.243 e. The number of nitrogens with one attached hydrogen (secondary N) is 1. The van der Waals surface area contributed by atoms with E-state index in [9.17, 15) is 18.6 Å². The number of rotatable bonds is 6. The fourth-order valence-corrected chi connectivity index (χ4v) is 5.35. The maximum atomic E-state index is 12.7. The first-order valence-electron chi connectivity index (χ1n) is 9.08. The normalized spacial score (nSPS) is 29.1. The molecule has 3 rings (SSSR count). The molecule has 140 valence electrons. The van der Waals surface area contributed by atoms with Crippen LogP contribution >= 0.6 is 0 Å². The molecule has 3 N–H and O–H groups in total. The zero-order chi connectivity index (χ0) is 17.9. The molecule has 0 spiro atoms. The third-order valence-electron chi connectivity index (χ3n) is 5.42. The van der Waals surface area contributed by atoms with E-state index in [1.807, 2.05) is 0 Å². The Balaban J connectivity index is 1.60. The fraction of sp³-hybridized carbons (Fsp3) is 0.667. The zero-order valence-electron chi connectivity index (χ0n) is 14.5. The summed E-state index contributed by atoms with van der Waals surface area (Å²) >= 11 is 0. The minimum atomic E-state index is -3.70. The standard InChI is InChI=1S/C18H28N2O4S/c21-17-12-20(25(23,24)16-9-5-2-6-10-16)14-18(17,22)13-19-11-15-7-3-1-4-8-15/h2,5-6,9-10,15,17,19,21-22H,1,3-4,7-8,11-14H2/t17-,18+/m1/s1. The molecule has 2 aliphatic rings. The number of hydrogen-bond acceptors (Lipinski definition) is 5. The Bertz CT molecular complexity index is 661. The van der Waals surface area contributed by atoms with Crippen LogP contribution in [0.15, 0.2) is 35.2 Å². The molecule has 1 saturated carbocycles.